The lowest BCUT2D eigenvalue weighted by Gasteiger charge is -2.10. The Balaban J connectivity index is 2.51. The lowest BCUT2D eigenvalue weighted by atomic mass is 10.1. The van der Waals surface area contributed by atoms with Gasteiger partial charge in [-0.2, -0.15) is 13.2 Å². The minimum atomic E-state index is -4.53. The monoisotopic (exact) mass is 254 g/mol. The fourth-order valence-corrected chi connectivity index (χ4v) is 1.46. The average molecular weight is 254 g/mol. The molecule has 0 bridgehead atoms. The van der Waals surface area contributed by atoms with Crippen molar-refractivity contribution in [3.8, 4) is 17.0 Å². The Bertz CT molecular complexity index is 541. The minimum Gasteiger partial charge on any atom is -0.494 e. The van der Waals surface area contributed by atoms with E-state index in [9.17, 15) is 13.2 Å². The third-order valence-electron chi connectivity index (χ3n) is 2.32. The van der Waals surface area contributed by atoms with Gasteiger partial charge in [0, 0.05) is 11.6 Å². The fourth-order valence-electron chi connectivity index (χ4n) is 1.46. The van der Waals surface area contributed by atoms with Gasteiger partial charge in [-0.15, -0.1) is 10.2 Å². The van der Waals surface area contributed by atoms with Crippen molar-refractivity contribution in [3.63, 3.8) is 0 Å². The molecule has 0 spiro atoms. The van der Waals surface area contributed by atoms with Crippen molar-refractivity contribution in [3.05, 3.63) is 42.1 Å². The van der Waals surface area contributed by atoms with Gasteiger partial charge in [-0.05, 0) is 0 Å². The molecule has 2 aromatic rings. The quantitative estimate of drug-likeness (QED) is 0.825. The van der Waals surface area contributed by atoms with E-state index in [4.69, 9.17) is 4.74 Å². The third kappa shape index (κ3) is 2.42. The molecule has 1 heterocycles. The van der Waals surface area contributed by atoms with Gasteiger partial charge < -0.3 is 4.74 Å². The van der Waals surface area contributed by atoms with E-state index < -0.39 is 11.9 Å². The molecule has 0 fully saturated rings. The Morgan fingerprint density at radius 2 is 1.72 bits per heavy atom. The number of hydrogen-bond acceptors (Lipinski definition) is 3. The number of halogens is 3. The Kier molecular flexibility index (Phi) is 3.18. The molecule has 0 aliphatic heterocycles. The van der Waals surface area contributed by atoms with Crippen LogP contribution in [0.25, 0.3) is 11.3 Å². The van der Waals surface area contributed by atoms with E-state index in [0.29, 0.717) is 5.56 Å². The predicted octanol–water partition coefficient (Wildman–Crippen LogP) is 3.17. The highest BCUT2D eigenvalue weighted by atomic mass is 19.4. The lowest BCUT2D eigenvalue weighted by Crippen LogP contribution is -2.10. The number of nitrogens with zero attached hydrogens (tertiary/aromatic N) is 2. The first-order valence-corrected chi connectivity index (χ1v) is 5.06. The molecule has 0 atom stereocenters. The van der Waals surface area contributed by atoms with E-state index in [0.717, 1.165) is 6.07 Å². The molecule has 0 saturated heterocycles. The van der Waals surface area contributed by atoms with Crippen molar-refractivity contribution >= 4 is 0 Å². The van der Waals surface area contributed by atoms with Crippen LogP contribution in [0.3, 0.4) is 0 Å². The summed E-state index contributed by atoms with van der Waals surface area (Å²) in [6, 6.07) is 9.60. The molecule has 0 N–H and O–H groups in total. The molecule has 94 valence electrons. The van der Waals surface area contributed by atoms with Crippen molar-refractivity contribution < 1.29 is 17.9 Å². The Hall–Kier alpha value is -2.11. The van der Waals surface area contributed by atoms with E-state index in [2.05, 4.69) is 10.2 Å². The first-order valence-electron chi connectivity index (χ1n) is 5.06. The zero-order valence-electron chi connectivity index (χ0n) is 9.40. The summed E-state index contributed by atoms with van der Waals surface area (Å²) in [4.78, 5) is 0. The highest BCUT2D eigenvalue weighted by Crippen LogP contribution is 2.33. The molecular weight excluding hydrogens is 245 g/mol. The first kappa shape index (κ1) is 12.3. The minimum absolute atomic E-state index is 0.0449. The Morgan fingerprint density at radius 3 is 2.28 bits per heavy atom. The summed E-state index contributed by atoms with van der Waals surface area (Å²) >= 11 is 0. The van der Waals surface area contributed by atoms with Crippen molar-refractivity contribution in [2.75, 3.05) is 7.11 Å². The van der Waals surface area contributed by atoms with Crippen molar-refractivity contribution in [2.24, 2.45) is 0 Å². The van der Waals surface area contributed by atoms with E-state index in [1.807, 2.05) is 0 Å². The van der Waals surface area contributed by atoms with Crippen LogP contribution in [0.15, 0.2) is 36.4 Å². The summed E-state index contributed by atoms with van der Waals surface area (Å²) in [5.74, 6) is 0.0449. The summed E-state index contributed by atoms with van der Waals surface area (Å²) in [6.07, 6.45) is -4.53. The van der Waals surface area contributed by atoms with Crippen molar-refractivity contribution in [2.45, 2.75) is 6.18 Å². The number of rotatable bonds is 2. The predicted molar refractivity (Wildman–Crippen MR) is 59.0 cm³/mol. The molecule has 3 nitrogen and oxygen atoms in total. The topological polar surface area (TPSA) is 35.0 Å². The van der Waals surface area contributed by atoms with E-state index in [-0.39, 0.29) is 11.4 Å². The van der Waals surface area contributed by atoms with E-state index in [1.165, 1.54) is 7.11 Å². The SMILES string of the molecule is COc1cc(C(F)(F)F)nnc1-c1ccccc1. The van der Waals surface area contributed by atoms with E-state index in [1.54, 1.807) is 30.3 Å². The molecule has 1 aromatic heterocycles. The maximum atomic E-state index is 12.5. The van der Waals surface area contributed by atoms with Gasteiger partial charge in [-0.1, -0.05) is 30.3 Å². The van der Waals surface area contributed by atoms with Crippen LogP contribution in [0.5, 0.6) is 5.75 Å². The van der Waals surface area contributed by atoms with Gasteiger partial charge in [0.25, 0.3) is 0 Å². The number of methoxy groups -OCH3 is 1. The van der Waals surface area contributed by atoms with Crippen molar-refractivity contribution in [1.29, 1.82) is 0 Å². The number of alkyl halides is 3. The van der Waals surface area contributed by atoms with E-state index >= 15 is 0 Å². The van der Waals surface area contributed by atoms with Gasteiger partial charge >= 0.3 is 6.18 Å². The first-order chi connectivity index (χ1) is 8.52. The highest BCUT2D eigenvalue weighted by Gasteiger charge is 2.34. The zero-order valence-corrected chi connectivity index (χ0v) is 9.40. The maximum Gasteiger partial charge on any atom is 0.435 e. The molecule has 0 amide bonds. The number of ether oxygens (including phenoxy) is 1. The summed E-state index contributed by atoms with van der Waals surface area (Å²) in [5.41, 5.74) is -0.138. The van der Waals surface area contributed by atoms with Gasteiger partial charge in [-0.25, -0.2) is 0 Å². The normalized spacial score (nSPS) is 11.3. The lowest BCUT2D eigenvalue weighted by molar-refractivity contribution is -0.141. The van der Waals surface area contributed by atoms with Gasteiger partial charge in [0.2, 0.25) is 0 Å². The molecule has 0 aliphatic carbocycles. The zero-order chi connectivity index (χ0) is 13.2. The molecule has 18 heavy (non-hydrogen) atoms. The van der Waals surface area contributed by atoms with Gasteiger partial charge in [-0.3, -0.25) is 0 Å². The van der Waals surface area contributed by atoms with Gasteiger partial charge in [0.1, 0.15) is 11.4 Å². The third-order valence-corrected chi connectivity index (χ3v) is 2.32. The summed E-state index contributed by atoms with van der Waals surface area (Å²) in [5, 5.41) is 6.77. The molecule has 0 unspecified atom stereocenters. The summed E-state index contributed by atoms with van der Waals surface area (Å²) in [7, 11) is 1.30. The molecule has 6 heteroatoms. The molecule has 1 aromatic carbocycles. The largest absolute Gasteiger partial charge is 0.494 e. The van der Waals surface area contributed by atoms with Gasteiger partial charge in [0.05, 0.1) is 7.11 Å². The fraction of sp³-hybridized carbons (Fsp3) is 0.167. The molecule has 0 aliphatic rings. The smallest absolute Gasteiger partial charge is 0.435 e. The standard InChI is InChI=1S/C12H9F3N2O/c1-18-9-7-10(12(13,14)15)16-17-11(9)8-5-3-2-4-6-8/h2-7H,1H3. The summed E-state index contributed by atoms with van der Waals surface area (Å²) < 4.78 is 42.4. The molecule has 0 radical (unpaired) electrons. The highest BCUT2D eigenvalue weighted by molar-refractivity contribution is 5.65. The second-order valence-corrected chi connectivity index (χ2v) is 3.51. The molecular formula is C12H9F3N2O. The Morgan fingerprint density at radius 1 is 1.06 bits per heavy atom. The van der Waals surface area contributed by atoms with Crippen LogP contribution >= 0.6 is 0 Å². The van der Waals surface area contributed by atoms with Gasteiger partial charge in [0.15, 0.2) is 5.69 Å². The average Bonchev–Trinajstić information content (AvgIpc) is 2.38. The van der Waals surface area contributed by atoms with Crippen LogP contribution in [0.1, 0.15) is 5.69 Å². The maximum absolute atomic E-state index is 12.5. The van der Waals surface area contributed by atoms with Crippen molar-refractivity contribution in [1.82, 2.24) is 10.2 Å². The van der Waals surface area contributed by atoms with Crippen LogP contribution in [0.2, 0.25) is 0 Å². The van der Waals surface area contributed by atoms with Crippen LogP contribution in [-0.2, 0) is 6.18 Å². The second-order valence-electron chi connectivity index (χ2n) is 3.51. The second kappa shape index (κ2) is 4.64. The molecule has 2 rings (SSSR count). The van der Waals surface area contributed by atoms with Crippen LogP contribution < -0.4 is 4.74 Å². The Labute approximate surface area is 101 Å². The summed E-state index contributed by atoms with van der Waals surface area (Å²) in [6.45, 7) is 0. The molecule has 0 saturated carbocycles. The number of aromatic nitrogens is 2. The number of hydrogen-bond donors (Lipinski definition) is 0. The van der Waals surface area contributed by atoms with Crippen LogP contribution in [0, 0.1) is 0 Å². The van der Waals surface area contributed by atoms with Crippen LogP contribution in [0.4, 0.5) is 13.2 Å². The van der Waals surface area contributed by atoms with Crippen LogP contribution in [-0.4, -0.2) is 17.3 Å². The number of benzene rings is 1.